The van der Waals surface area contributed by atoms with E-state index in [0.29, 0.717) is 0 Å². The average molecular weight is 262 g/mol. The summed E-state index contributed by atoms with van der Waals surface area (Å²) in [5.41, 5.74) is 5.10. The topological polar surface area (TPSA) is 46.0 Å². The lowest BCUT2D eigenvalue weighted by Gasteiger charge is -2.13. The lowest BCUT2D eigenvalue weighted by atomic mass is 9.93. The molecule has 0 spiro atoms. The molecular formula is C17H14N2O. The monoisotopic (exact) mass is 262 g/mol. The molecule has 3 rings (SSSR count). The zero-order chi connectivity index (χ0) is 13.8. The van der Waals surface area contributed by atoms with E-state index >= 15 is 0 Å². The first kappa shape index (κ1) is 12.5. The van der Waals surface area contributed by atoms with Crippen LogP contribution in [0, 0.1) is 0 Å². The van der Waals surface area contributed by atoms with Crippen LogP contribution in [0.2, 0.25) is 0 Å². The van der Waals surface area contributed by atoms with Crippen LogP contribution in [0.1, 0.15) is 5.56 Å². The fourth-order valence-electron chi connectivity index (χ4n) is 2.36. The van der Waals surface area contributed by atoms with Crippen molar-refractivity contribution in [3.05, 3.63) is 72.8 Å². The van der Waals surface area contributed by atoms with Crippen LogP contribution in [0.5, 0.6) is 0 Å². The van der Waals surface area contributed by atoms with Gasteiger partial charge in [-0.2, -0.15) is 0 Å². The van der Waals surface area contributed by atoms with Crippen LogP contribution in [0.3, 0.4) is 0 Å². The van der Waals surface area contributed by atoms with E-state index in [2.05, 4.69) is 9.97 Å². The summed E-state index contributed by atoms with van der Waals surface area (Å²) in [4.78, 5) is 8.07. The summed E-state index contributed by atoms with van der Waals surface area (Å²) < 4.78 is 0. The molecule has 0 bridgehead atoms. The van der Waals surface area contributed by atoms with Gasteiger partial charge in [-0.3, -0.25) is 9.97 Å². The SMILES string of the molecule is OCc1c(-c2ccncc2)cccc1-c1ccncc1. The zero-order valence-corrected chi connectivity index (χ0v) is 10.9. The van der Waals surface area contributed by atoms with Crippen molar-refractivity contribution in [2.75, 3.05) is 0 Å². The van der Waals surface area contributed by atoms with Gasteiger partial charge < -0.3 is 5.11 Å². The Bertz CT molecular complexity index is 639. The molecule has 3 aromatic rings. The molecule has 0 unspecified atom stereocenters. The molecule has 2 aromatic heterocycles. The van der Waals surface area contributed by atoms with Crippen molar-refractivity contribution in [1.82, 2.24) is 9.97 Å². The van der Waals surface area contributed by atoms with Crippen LogP contribution in [0.25, 0.3) is 22.3 Å². The molecule has 98 valence electrons. The molecule has 0 radical (unpaired) electrons. The van der Waals surface area contributed by atoms with Crippen LogP contribution in [0.15, 0.2) is 67.3 Å². The molecule has 0 aliphatic rings. The average Bonchev–Trinajstić information content (AvgIpc) is 2.55. The van der Waals surface area contributed by atoms with E-state index in [-0.39, 0.29) is 6.61 Å². The summed E-state index contributed by atoms with van der Waals surface area (Å²) in [6.45, 7) is -0.00382. The summed E-state index contributed by atoms with van der Waals surface area (Å²) in [6, 6.07) is 13.8. The highest BCUT2D eigenvalue weighted by Crippen LogP contribution is 2.31. The number of hydrogen-bond acceptors (Lipinski definition) is 3. The van der Waals surface area contributed by atoms with E-state index < -0.39 is 0 Å². The van der Waals surface area contributed by atoms with E-state index in [0.717, 1.165) is 27.8 Å². The van der Waals surface area contributed by atoms with Crippen molar-refractivity contribution in [3.8, 4) is 22.3 Å². The van der Waals surface area contributed by atoms with Crippen LogP contribution in [-0.4, -0.2) is 15.1 Å². The Morgan fingerprint density at radius 2 is 1.15 bits per heavy atom. The third-order valence-electron chi connectivity index (χ3n) is 3.32. The summed E-state index contributed by atoms with van der Waals surface area (Å²) >= 11 is 0. The van der Waals surface area contributed by atoms with E-state index in [4.69, 9.17) is 0 Å². The Kier molecular flexibility index (Phi) is 3.52. The third-order valence-corrected chi connectivity index (χ3v) is 3.32. The molecule has 1 N–H and O–H groups in total. The maximum atomic E-state index is 9.79. The highest BCUT2D eigenvalue weighted by atomic mass is 16.3. The fourth-order valence-corrected chi connectivity index (χ4v) is 2.36. The molecule has 0 saturated carbocycles. The Hall–Kier alpha value is -2.52. The van der Waals surface area contributed by atoms with Crippen molar-refractivity contribution < 1.29 is 5.11 Å². The minimum atomic E-state index is -0.00382. The van der Waals surface area contributed by atoms with E-state index in [1.807, 2.05) is 42.5 Å². The second kappa shape index (κ2) is 5.63. The van der Waals surface area contributed by atoms with E-state index in [1.165, 1.54) is 0 Å². The molecule has 0 fully saturated rings. The number of pyridine rings is 2. The van der Waals surface area contributed by atoms with Crippen LogP contribution < -0.4 is 0 Å². The Morgan fingerprint density at radius 3 is 1.55 bits per heavy atom. The molecule has 20 heavy (non-hydrogen) atoms. The van der Waals surface area contributed by atoms with Crippen molar-refractivity contribution in [3.63, 3.8) is 0 Å². The number of rotatable bonds is 3. The quantitative estimate of drug-likeness (QED) is 0.787. The van der Waals surface area contributed by atoms with E-state index in [9.17, 15) is 5.11 Å². The highest BCUT2D eigenvalue weighted by Gasteiger charge is 2.10. The predicted octanol–water partition coefficient (Wildman–Crippen LogP) is 3.30. The Labute approximate surface area is 117 Å². The van der Waals surface area contributed by atoms with Gasteiger partial charge in [-0.15, -0.1) is 0 Å². The second-order valence-corrected chi connectivity index (χ2v) is 4.46. The molecule has 2 heterocycles. The number of nitrogens with zero attached hydrogens (tertiary/aromatic N) is 2. The molecule has 3 nitrogen and oxygen atoms in total. The number of benzene rings is 1. The molecule has 0 aliphatic heterocycles. The van der Waals surface area contributed by atoms with Crippen LogP contribution >= 0.6 is 0 Å². The first-order chi connectivity index (χ1) is 9.90. The fraction of sp³-hybridized carbons (Fsp3) is 0.0588. The summed E-state index contributed by atoms with van der Waals surface area (Å²) in [5, 5.41) is 9.79. The standard InChI is InChI=1S/C17H14N2O/c20-12-17-15(13-4-8-18-9-5-13)2-1-3-16(17)14-6-10-19-11-7-14/h1-11,20H,12H2. The normalized spacial score (nSPS) is 10.4. The molecule has 1 aromatic carbocycles. The Morgan fingerprint density at radius 1 is 0.700 bits per heavy atom. The van der Waals surface area contributed by atoms with Gasteiger partial charge in [-0.1, -0.05) is 18.2 Å². The predicted molar refractivity (Wildman–Crippen MR) is 78.8 cm³/mol. The van der Waals surface area contributed by atoms with Crippen molar-refractivity contribution in [1.29, 1.82) is 0 Å². The van der Waals surface area contributed by atoms with Gasteiger partial charge in [0, 0.05) is 24.8 Å². The largest absolute Gasteiger partial charge is 0.392 e. The van der Waals surface area contributed by atoms with Gasteiger partial charge in [-0.25, -0.2) is 0 Å². The van der Waals surface area contributed by atoms with Gasteiger partial charge in [0.05, 0.1) is 6.61 Å². The smallest absolute Gasteiger partial charge is 0.0693 e. The molecule has 0 saturated heterocycles. The molecule has 0 atom stereocenters. The van der Waals surface area contributed by atoms with Crippen molar-refractivity contribution in [2.24, 2.45) is 0 Å². The second-order valence-electron chi connectivity index (χ2n) is 4.46. The molecule has 0 amide bonds. The van der Waals surface area contributed by atoms with Gasteiger partial charge in [0.15, 0.2) is 0 Å². The van der Waals surface area contributed by atoms with Gasteiger partial charge in [-0.05, 0) is 52.1 Å². The van der Waals surface area contributed by atoms with Crippen molar-refractivity contribution >= 4 is 0 Å². The summed E-state index contributed by atoms with van der Waals surface area (Å²) in [7, 11) is 0. The van der Waals surface area contributed by atoms with E-state index in [1.54, 1.807) is 24.8 Å². The summed E-state index contributed by atoms with van der Waals surface area (Å²) in [5.74, 6) is 0. The highest BCUT2D eigenvalue weighted by molar-refractivity contribution is 5.78. The minimum absolute atomic E-state index is 0.00382. The number of aliphatic hydroxyl groups is 1. The number of hydrogen-bond donors (Lipinski definition) is 1. The van der Waals surface area contributed by atoms with Gasteiger partial charge in [0.25, 0.3) is 0 Å². The lowest BCUT2D eigenvalue weighted by Crippen LogP contribution is -1.94. The third kappa shape index (κ3) is 2.31. The zero-order valence-electron chi connectivity index (χ0n) is 10.9. The van der Waals surface area contributed by atoms with Crippen LogP contribution in [-0.2, 0) is 6.61 Å². The summed E-state index contributed by atoms with van der Waals surface area (Å²) in [6.07, 6.45) is 7.04. The van der Waals surface area contributed by atoms with Crippen molar-refractivity contribution in [2.45, 2.75) is 6.61 Å². The lowest BCUT2D eigenvalue weighted by molar-refractivity contribution is 0.283. The van der Waals surface area contributed by atoms with Crippen LogP contribution in [0.4, 0.5) is 0 Å². The molecule has 3 heteroatoms. The number of aromatic nitrogens is 2. The minimum Gasteiger partial charge on any atom is -0.392 e. The number of aliphatic hydroxyl groups excluding tert-OH is 1. The maximum Gasteiger partial charge on any atom is 0.0693 e. The first-order valence-corrected chi connectivity index (χ1v) is 6.43. The van der Waals surface area contributed by atoms with Gasteiger partial charge >= 0.3 is 0 Å². The first-order valence-electron chi connectivity index (χ1n) is 6.43. The van der Waals surface area contributed by atoms with Gasteiger partial charge in [0.2, 0.25) is 0 Å². The molecular weight excluding hydrogens is 248 g/mol. The van der Waals surface area contributed by atoms with Gasteiger partial charge in [0.1, 0.15) is 0 Å². The molecule has 0 aliphatic carbocycles. The maximum absolute atomic E-state index is 9.79. The Balaban J connectivity index is 2.19.